The van der Waals surface area contributed by atoms with Crippen LogP contribution in [0.2, 0.25) is 0 Å². The highest BCUT2D eigenvalue weighted by atomic mass is 79.9. The summed E-state index contributed by atoms with van der Waals surface area (Å²) in [7, 11) is 1.67. The van der Waals surface area contributed by atoms with Crippen LogP contribution in [0.1, 0.15) is 27.7 Å². The van der Waals surface area contributed by atoms with Crippen LogP contribution in [0.5, 0.6) is 0 Å². The van der Waals surface area contributed by atoms with Crippen molar-refractivity contribution < 1.29 is 9.53 Å². The maximum absolute atomic E-state index is 12.5. The largest absolute Gasteiger partial charge is 0.383 e. The summed E-state index contributed by atoms with van der Waals surface area (Å²) >= 11 is 3.40. The standard InChI is InChI=1S/C13H24BrNO2/c1-12(2)10(13(12,3)4)11(16)15(7-6-14)8-9-17-5/h10H,6-9H2,1-5H3. The van der Waals surface area contributed by atoms with Gasteiger partial charge in [0.05, 0.1) is 6.61 Å². The van der Waals surface area contributed by atoms with Gasteiger partial charge < -0.3 is 9.64 Å². The van der Waals surface area contributed by atoms with E-state index in [2.05, 4.69) is 43.6 Å². The highest BCUT2D eigenvalue weighted by Crippen LogP contribution is 2.68. The second kappa shape index (κ2) is 5.27. The number of hydrogen-bond acceptors (Lipinski definition) is 2. The Morgan fingerprint density at radius 2 is 1.76 bits per heavy atom. The number of nitrogens with zero attached hydrogens (tertiary/aromatic N) is 1. The van der Waals surface area contributed by atoms with Crippen LogP contribution < -0.4 is 0 Å². The molecular weight excluding hydrogens is 282 g/mol. The molecule has 0 aromatic carbocycles. The molecule has 0 N–H and O–H groups in total. The van der Waals surface area contributed by atoms with Gasteiger partial charge in [0.25, 0.3) is 0 Å². The molecule has 0 aromatic heterocycles. The molecule has 1 aliphatic carbocycles. The van der Waals surface area contributed by atoms with Crippen molar-refractivity contribution in [3.05, 3.63) is 0 Å². The van der Waals surface area contributed by atoms with Crippen molar-refractivity contribution in [3.63, 3.8) is 0 Å². The van der Waals surface area contributed by atoms with Crippen LogP contribution in [0.15, 0.2) is 0 Å². The van der Waals surface area contributed by atoms with Crippen LogP contribution in [0.3, 0.4) is 0 Å². The first kappa shape index (κ1) is 15.0. The molecule has 1 saturated carbocycles. The van der Waals surface area contributed by atoms with E-state index >= 15 is 0 Å². The SMILES string of the molecule is COCCN(CCBr)C(=O)C1C(C)(C)C1(C)C. The summed E-state index contributed by atoms with van der Waals surface area (Å²) in [5, 5.41) is 0.816. The monoisotopic (exact) mass is 305 g/mol. The van der Waals surface area contributed by atoms with E-state index in [-0.39, 0.29) is 22.7 Å². The lowest BCUT2D eigenvalue weighted by molar-refractivity contribution is -0.134. The summed E-state index contributed by atoms with van der Waals surface area (Å²) in [5.74, 6) is 0.419. The van der Waals surface area contributed by atoms with E-state index in [4.69, 9.17) is 4.74 Å². The Bertz CT molecular complexity index is 275. The minimum Gasteiger partial charge on any atom is -0.383 e. The van der Waals surface area contributed by atoms with Crippen LogP contribution >= 0.6 is 15.9 Å². The Balaban J connectivity index is 2.67. The zero-order valence-corrected chi connectivity index (χ0v) is 13.1. The normalized spacial score (nSPS) is 21.3. The fourth-order valence-corrected chi connectivity index (χ4v) is 3.06. The number of carbonyl (C=O) groups is 1. The summed E-state index contributed by atoms with van der Waals surface area (Å²) in [6.07, 6.45) is 0. The van der Waals surface area contributed by atoms with Crippen LogP contribution in [0.4, 0.5) is 0 Å². The maximum Gasteiger partial charge on any atom is 0.226 e. The van der Waals surface area contributed by atoms with E-state index in [0.29, 0.717) is 13.2 Å². The number of ether oxygens (including phenoxy) is 1. The van der Waals surface area contributed by atoms with Gasteiger partial charge in [-0.1, -0.05) is 43.6 Å². The Hall–Kier alpha value is -0.0900. The molecule has 0 aliphatic heterocycles. The Morgan fingerprint density at radius 1 is 1.24 bits per heavy atom. The van der Waals surface area contributed by atoms with Gasteiger partial charge in [0.15, 0.2) is 0 Å². The van der Waals surface area contributed by atoms with Gasteiger partial charge in [0.2, 0.25) is 5.91 Å². The highest BCUT2D eigenvalue weighted by molar-refractivity contribution is 9.09. The van der Waals surface area contributed by atoms with Crippen molar-refractivity contribution in [1.82, 2.24) is 4.90 Å². The van der Waals surface area contributed by atoms with Crippen molar-refractivity contribution in [3.8, 4) is 0 Å². The number of amides is 1. The summed E-state index contributed by atoms with van der Waals surface area (Å²) in [5.41, 5.74) is 0.226. The minimum atomic E-state index is 0.113. The van der Waals surface area contributed by atoms with Crippen molar-refractivity contribution in [1.29, 1.82) is 0 Å². The van der Waals surface area contributed by atoms with Crippen molar-refractivity contribution in [2.75, 3.05) is 32.1 Å². The smallest absolute Gasteiger partial charge is 0.226 e. The minimum absolute atomic E-state index is 0.113. The molecule has 0 bridgehead atoms. The number of hydrogen-bond donors (Lipinski definition) is 0. The highest BCUT2D eigenvalue weighted by Gasteiger charge is 2.68. The molecule has 17 heavy (non-hydrogen) atoms. The van der Waals surface area contributed by atoms with Gasteiger partial charge in [0, 0.05) is 31.4 Å². The molecule has 3 nitrogen and oxygen atoms in total. The number of carbonyl (C=O) groups excluding carboxylic acids is 1. The lowest BCUT2D eigenvalue weighted by Crippen LogP contribution is -2.37. The average Bonchev–Trinajstić information content (AvgIpc) is 2.63. The van der Waals surface area contributed by atoms with Gasteiger partial charge in [-0.3, -0.25) is 4.79 Å². The van der Waals surface area contributed by atoms with Crippen LogP contribution in [0.25, 0.3) is 0 Å². The molecule has 0 saturated heterocycles. The molecule has 4 heteroatoms. The number of halogens is 1. The molecule has 1 aliphatic rings. The van der Waals surface area contributed by atoms with Crippen LogP contribution in [-0.4, -0.2) is 42.9 Å². The van der Waals surface area contributed by atoms with E-state index in [1.165, 1.54) is 0 Å². The summed E-state index contributed by atoms with van der Waals surface area (Å²) in [6, 6.07) is 0. The fraction of sp³-hybridized carbons (Fsp3) is 0.923. The van der Waals surface area contributed by atoms with Crippen molar-refractivity contribution in [2.24, 2.45) is 16.7 Å². The van der Waals surface area contributed by atoms with Crippen molar-refractivity contribution in [2.45, 2.75) is 27.7 Å². The predicted molar refractivity (Wildman–Crippen MR) is 73.3 cm³/mol. The Kier molecular flexibility index (Phi) is 4.64. The van der Waals surface area contributed by atoms with Gasteiger partial charge in [-0.05, 0) is 10.8 Å². The average molecular weight is 306 g/mol. The first-order valence-corrected chi connectivity index (χ1v) is 7.26. The lowest BCUT2D eigenvalue weighted by Gasteiger charge is -2.22. The van der Waals surface area contributed by atoms with Crippen LogP contribution in [0, 0.1) is 16.7 Å². The Labute approximate surface area is 113 Å². The number of alkyl halides is 1. The molecule has 0 heterocycles. The van der Waals surface area contributed by atoms with E-state index < -0.39 is 0 Å². The predicted octanol–water partition coefficient (Wildman–Crippen LogP) is 2.54. The topological polar surface area (TPSA) is 29.5 Å². The van der Waals surface area contributed by atoms with E-state index in [0.717, 1.165) is 11.9 Å². The first-order valence-electron chi connectivity index (χ1n) is 6.14. The van der Waals surface area contributed by atoms with Gasteiger partial charge in [-0.15, -0.1) is 0 Å². The third kappa shape index (κ3) is 2.68. The van der Waals surface area contributed by atoms with Gasteiger partial charge in [0.1, 0.15) is 0 Å². The second-order valence-corrected chi connectivity index (χ2v) is 6.68. The van der Waals surface area contributed by atoms with E-state index in [1.807, 2.05) is 4.90 Å². The first-order chi connectivity index (χ1) is 7.80. The zero-order valence-electron chi connectivity index (χ0n) is 11.5. The van der Waals surface area contributed by atoms with Gasteiger partial charge in [-0.2, -0.15) is 0 Å². The summed E-state index contributed by atoms with van der Waals surface area (Å²) < 4.78 is 5.06. The number of methoxy groups -OCH3 is 1. The molecule has 0 atom stereocenters. The molecule has 0 aromatic rings. The molecule has 0 radical (unpaired) electrons. The number of rotatable bonds is 6. The van der Waals surface area contributed by atoms with Gasteiger partial charge in [-0.25, -0.2) is 0 Å². The molecule has 0 unspecified atom stereocenters. The molecule has 0 spiro atoms. The summed E-state index contributed by atoms with van der Waals surface area (Å²) in [4.78, 5) is 14.4. The lowest BCUT2D eigenvalue weighted by atomic mass is 10.0. The van der Waals surface area contributed by atoms with E-state index in [9.17, 15) is 4.79 Å². The third-order valence-electron chi connectivity index (χ3n) is 4.50. The Morgan fingerprint density at radius 3 is 2.12 bits per heavy atom. The molecule has 1 rings (SSSR count). The fourth-order valence-electron chi connectivity index (χ4n) is 2.63. The van der Waals surface area contributed by atoms with E-state index in [1.54, 1.807) is 7.11 Å². The molecule has 1 fully saturated rings. The molecular formula is C13H24BrNO2. The second-order valence-electron chi connectivity index (χ2n) is 5.88. The maximum atomic E-state index is 12.5. The third-order valence-corrected chi connectivity index (χ3v) is 4.85. The van der Waals surface area contributed by atoms with Gasteiger partial charge >= 0.3 is 0 Å². The summed E-state index contributed by atoms with van der Waals surface area (Å²) in [6.45, 7) is 10.8. The zero-order chi connectivity index (χ0) is 13.3. The quantitative estimate of drug-likeness (QED) is 0.706. The molecule has 1 amide bonds. The van der Waals surface area contributed by atoms with Crippen molar-refractivity contribution >= 4 is 21.8 Å². The molecule has 100 valence electrons. The van der Waals surface area contributed by atoms with Crippen LogP contribution in [-0.2, 0) is 9.53 Å².